The smallest absolute Gasteiger partial charge is 0.320 e. The highest BCUT2D eigenvalue weighted by molar-refractivity contribution is 5.97. The molecule has 0 unspecified atom stereocenters. The fraction of sp³-hybridized carbons (Fsp3) is 0.750. The summed E-state index contributed by atoms with van der Waals surface area (Å²) in [4.78, 5) is 41.0. The van der Waals surface area contributed by atoms with Gasteiger partial charge in [-0.3, -0.25) is 19.2 Å². The van der Waals surface area contributed by atoms with Crippen LogP contribution < -0.4 is 0 Å². The SMILES string of the molecule is CC(=O)CC(=O)OC(C)=O.CCCCCCCC/C=C\CCCCCCCC(=O)O. The quantitative estimate of drug-likeness (QED) is 0.129. The van der Waals surface area contributed by atoms with Gasteiger partial charge in [0.15, 0.2) is 0 Å². The van der Waals surface area contributed by atoms with Crippen molar-refractivity contribution in [2.45, 2.75) is 117 Å². The molecule has 0 aliphatic heterocycles. The Morgan fingerprint density at radius 2 is 1.20 bits per heavy atom. The highest BCUT2D eigenvalue weighted by atomic mass is 16.6. The summed E-state index contributed by atoms with van der Waals surface area (Å²) in [5.74, 6) is -2.46. The molecule has 0 amide bonds. The standard InChI is InChI=1S/C18H34O2.C6H8O4/c1-2-3-4-5-6-7-8-9-10-11-12-13-14-15-16-17-18(19)20;1-4(7)3-6(9)10-5(2)8/h9-10H,2-8,11-17H2,1H3,(H,19,20);3H2,1-2H3/b10-9-;. The van der Waals surface area contributed by atoms with Crippen LogP contribution in [-0.4, -0.2) is 28.8 Å². The number of Topliss-reactive ketones (excluding diaryl/α,β-unsaturated/α-hetero) is 1. The van der Waals surface area contributed by atoms with E-state index < -0.39 is 17.9 Å². The van der Waals surface area contributed by atoms with Crippen LogP contribution in [0.25, 0.3) is 0 Å². The van der Waals surface area contributed by atoms with Gasteiger partial charge in [-0.2, -0.15) is 0 Å². The first-order valence-corrected chi connectivity index (χ1v) is 11.4. The third-order valence-corrected chi connectivity index (χ3v) is 4.30. The van der Waals surface area contributed by atoms with Crippen molar-refractivity contribution in [1.29, 1.82) is 0 Å². The molecule has 6 nitrogen and oxygen atoms in total. The Morgan fingerprint density at radius 3 is 1.63 bits per heavy atom. The monoisotopic (exact) mass is 426 g/mol. The van der Waals surface area contributed by atoms with Crippen LogP contribution in [0.2, 0.25) is 0 Å². The molecule has 0 heterocycles. The first kappa shape index (κ1) is 30.2. The van der Waals surface area contributed by atoms with E-state index in [4.69, 9.17) is 5.11 Å². The molecule has 0 spiro atoms. The number of rotatable bonds is 17. The average molecular weight is 427 g/mol. The molecule has 0 rings (SSSR count). The summed E-state index contributed by atoms with van der Waals surface area (Å²) in [5.41, 5.74) is 0. The first-order valence-electron chi connectivity index (χ1n) is 11.4. The number of allylic oxidation sites excluding steroid dienone is 2. The minimum atomic E-state index is -0.792. The Morgan fingerprint density at radius 1 is 0.733 bits per heavy atom. The number of aliphatic carboxylic acids is 1. The fourth-order valence-electron chi connectivity index (χ4n) is 2.75. The zero-order valence-electron chi connectivity index (χ0n) is 19.2. The van der Waals surface area contributed by atoms with Crippen molar-refractivity contribution in [2.24, 2.45) is 0 Å². The number of carboxylic acids is 1. The van der Waals surface area contributed by atoms with Gasteiger partial charge < -0.3 is 9.84 Å². The van der Waals surface area contributed by atoms with Gasteiger partial charge in [-0.15, -0.1) is 0 Å². The van der Waals surface area contributed by atoms with E-state index in [1.807, 2.05) is 0 Å². The van der Waals surface area contributed by atoms with E-state index in [1.165, 1.54) is 77.6 Å². The van der Waals surface area contributed by atoms with Crippen molar-refractivity contribution in [3.05, 3.63) is 12.2 Å². The van der Waals surface area contributed by atoms with Gasteiger partial charge in [-0.1, -0.05) is 70.4 Å². The summed E-state index contributed by atoms with van der Waals surface area (Å²) < 4.78 is 4.06. The van der Waals surface area contributed by atoms with Gasteiger partial charge in [-0.05, 0) is 39.0 Å². The molecule has 0 aromatic heterocycles. The van der Waals surface area contributed by atoms with Gasteiger partial charge in [0.1, 0.15) is 12.2 Å². The summed E-state index contributed by atoms with van der Waals surface area (Å²) >= 11 is 0. The van der Waals surface area contributed by atoms with Crippen LogP contribution >= 0.6 is 0 Å². The van der Waals surface area contributed by atoms with Crippen LogP contribution in [0.4, 0.5) is 0 Å². The number of carboxylic acid groups (broad SMARTS) is 1. The van der Waals surface area contributed by atoms with E-state index in [2.05, 4.69) is 23.8 Å². The number of ether oxygens (including phenoxy) is 1. The lowest BCUT2D eigenvalue weighted by Gasteiger charge is -1.99. The Bertz CT molecular complexity index is 478. The minimum Gasteiger partial charge on any atom is -0.481 e. The Kier molecular flexibility index (Phi) is 23.5. The maximum absolute atomic E-state index is 10.4. The topological polar surface area (TPSA) is 97.7 Å². The Balaban J connectivity index is 0. The lowest BCUT2D eigenvalue weighted by atomic mass is 10.1. The maximum Gasteiger partial charge on any atom is 0.320 e. The molecule has 0 atom stereocenters. The summed E-state index contributed by atoms with van der Waals surface area (Å²) in [6.45, 7) is 4.62. The van der Waals surface area contributed by atoms with E-state index >= 15 is 0 Å². The molecule has 0 radical (unpaired) electrons. The number of carbonyl (C=O) groups excluding carboxylic acids is 3. The fourth-order valence-corrected chi connectivity index (χ4v) is 2.75. The second kappa shape index (κ2) is 23.3. The predicted octanol–water partition coefficient (Wildman–Crippen LogP) is 6.16. The summed E-state index contributed by atoms with van der Waals surface area (Å²) in [6, 6.07) is 0. The summed E-state index contributed by atoms with van der Waals surface area (Å²) in [7, 11) is 0. The molecule has 6 heteroatoms. The molecular weight excluding hydrogens is 384 g/mol. The lowest BCUT2D eigenvalue weighted by molar-refractivity contribution is -0.158. The molecular formula is C24H42O6. The van der Waals surface area contributed by atoms with Crippen molar-refractivity contribution >= 4 is 23.7 Å². The third kappa shape index (κ3) is 30.7. The van der Waals surface area contributed by atoms with Crippen LogP contribution in [0, 0.1) is 0 Å². The number of carbonyl (C=O) groups is 4. The molecule has 1 N–H and O–H groups in total. The van der Waals surface area contributed by atoms with Gasteiger partial charge in [0.05, 0.1) is 0 Å². The van der Waals surface area contributed by atoms with Crippen molar-refractivity contribution in [3.8, 4) is 0 Å². The highest BCUT2D eigenvalue weighted by Gasteiger charge is 2.07. The maximum atomic E-state index is 10.4. The van der Waals surface area contributed by atoms with E-state index in [-0.39, 0.29) is 12.2 Å². The molecule has 0 aliphatic rings. The number of hydrogen-bond acceptors (Lipinski definition) is 5. The summed E-state index contributed by atoms with van der Waals surface area (Å²) in [5, 5.41) is 8.51. The predicted molar refractivity (Wildman–Crippen MR) is 119 cm³/mol. The molecule has 0 fully saturated rings. The normalized spacial score (nSPS) is 10.4. The van der Waals surface area contributed by atoms with Crippen molar-refractivity contribution < 1.29 is 29.0 Å². The largest absolute Gasteiger partial charge is 0.481 e. The molecule has 0 saturated carbocycles. The number of ketones is 1. The van der Waals surface area contributed by atoms with Crippen LogP contribution in [0.1, 0.15) is 117 Å². The minimum absolute atomic E-state index is 0.314. The molecule has 0 aromatic carbocycles. The Labute approximate surface area is 182 Å². The van der Waals surface area contributed by atoms with Crippen LogP contribution in [0.15, 0.2) is 12.2 Å². The molecule has 0 aromatic rings. The van der Waals surface area contributed by atoms with E-state index in [0.717, 1.165) is 19.8 Å². The van der Waals surface area contributed by atoms with E-state index in [1.54, 1.807) is 0 Å². The highest BCUT2D eigenvalue weighted by Crippen LogP contribution is 2.09. The van der Waals surface area contributed by atoms with Gasteiger partial charge in [-0.25, -0.2) is 0 Å². The van der Waals surface area contributed by atoms with Gasteiger partial charge >= 0.3 is 17.9 Å². The second-order valence-electron chi connectivity index (χ2n) is 7.57. The van der Waals surface area contributed by atoms with Crippen LogP contribution in [0.5, 0.6) is 0 Å². The molecule has 0 saturated heterocycles. The number of unbranched alkanes of at least 4 members (excludes halogenated alkanes) is 11. The van der Waals surface area contributed by atoms with E-state index in [9.17, 15) is 19.2 Å². The van der Waals surface area contributed by atoms with Gasteiger partial charge in [0.2, 0.25) is 0 Å². The van der Waals surface area contributed by atoms with Crippen molar-refractivity contribution in [3.63, 3.8) is 0 Å². The second-order valence-corrected chi connectivity index (χ2v) is 7.57. The molecule has 30 heavy (non-hydrogen) atoms. The van der Waals surface area contributed by atoms with E-state index in [0.29, 0.717) is 6.42 Å². The number of hydrogen-bond donors (Lipinski definition) is 1. The zero-order chi connectivity index (χ0) is 23.0. The average Bonchev–Trinajstić information content (AvgIpc) is 2.64. The van der Waals surface area contributed by atoms with Crippen LogP contribution in [0.3, 0.4) is 0 Å². The summed E-state index contributed by atoms with van der Waals surface area (Å²) in [6.07, 6.45) is 20.9. The molecule has 174 valence electrons. The third-order valence-electron chi connectivity index (χ3n) is 4.30. The van der Waals surface area contributed by atoms with Crippen LogP contribution in [-0.2, 0) is 23.9 Å². The lowest BCUT2D eigenvalue weighted by Crippen LogP contribution is -2.11. The first-order chi connectivity index (χ1) is 14.3. The van der Waals surface area contributed by atoms with Gasteiger partial charge in [0, 0.05) is 13.3 Å². The number of esters is 2. The van der Waals surface area contributed by atoms with Crippen molar-refractivity contribution in [1.82, 2.24) is 0 Å². The zero-order valence-corrected chi connectivity index (χ0v) is 19.2. The molecule has 0 aliphatic carbocycles. The Hall–Kier alpha value is -1.98. The van der Waals surface area contributed by atoms with Crippen molar-refractivity contribution in [2.75, 3.05) is 0 Å². The molecule has 0 bridgehead atoms. The van der Waals surface area contributed by atoms with Gasteiger partial charge in [0.25, 0.3) is 0 Å².